The number of hydrogen-bond acceptors (Lipinski definition) is 3. The fourth-order valence-corrected chi connectivity index (χ4v) is 2.66. The van der Waals surface area contributed by atoms with Crippen LogP contribution in [0.15, 0.2) is 35.5 Å². The summed E-state index contributed by atoms with van der Waals surface area (Å²) in [6.45, 7) is -0.234. The number of amides is 2. The van der Waals surface area contributed by atoms with Gasteiger partial charge in [-0.05, 0) is 24.6 Å². The Hall–Kier alpha value is -2.22. The fourth-order valence-electron chi connectivity index (χ4n) is 2.46. The number of nitrogens with one attached hydrogen (secondary N) is 1. The van der Waals surface area contributed by atoms with Crippen LogP contribution in [0.2, 0.25) is 5.02 Å². The predicted molar refractivity (Wildman–Crippen MR) is 80.2 cm³/mol. The molecule has 0 radical (unpaired) electrons. The third kappa shape index (κ3) is 3.81. The molecule has 1 aromatic carbocycles. The van der Waals surface area contributed by atoms with E-state index in [0.29, 0.717) is 15.5 Å². The highest BCUT2D eigenvalue weighted by Crippen LogP contribution is 2.33. The summed E-state index contributed by atoms with van der Waals surface area (Å²) in [5.74, 6) is -0.829. The smallest absolute Gasteiger partial charge is 0.406 e. The summed E-state index contributed by atoms with van der Waals surface area (Å²) in [6, 6.07) is 4.42. The number of carbonyl (C=O) groups excluding carboxylic acids is 2. The summed E-state index contributed by atoms with van der Waals surface area (Å²) in [7, 11) is 1.11. The highest BCUT2D eigenvalue weighted by atomic mass is 35.5. The van der Waals surface area contributed by atoms with Crippen LogP contribution < -0.4 is 5.32 Å². The first-order chi connectivity index (χ1) is 11.1. The molecule has 1 heterocycles. The van der Waals surface area contributed by atoms with Crippen LogP contribution in [0.3, 0.4) is 0 Å². The highest BCUT2D eigenvalue weighted by Gasteiger charge is 2.41. The molecule has 5 nitrogen and oxygen atoms in total. The molecular formula is C15H14ClF3N2O3. The van der Waals surface area contributed by atoms with E-state index < -0.39 is 30.8 Å². The molecule has 0 bridgehead atoms. The Balaban J connectivity index is 2.53. The minimum absolute atomic E-state index is 0.0800. The van der Waals surface area contributed by atoms with Crippen molar-refractivity contribution in [2.75, 3.05) is 13.7 Å². The maximum atomic E-state index is 12.7. The van der Waals surface area contributed by atoms with Crippen LogP contribution in [-0.4, -0.2) is 36.7 Å². The third-order valence-corrected chi connectivity index (χ3v) is 3.76. The molecule has 1 aliphatic rings. The number of alkyl halides is 3. The van der Waals surface area contributed by atoms with Gasteiger partial charge in [0.1, 0.15) is 6.54 Å². The quantitative estimate of drug-likeness (QED) is 0.838. The number of ether oxygens (including phenoxy) is 1. The largest absolute Gasteiger partial charge is 0.466 e. The van der Waals surface area contributed by atoms with Crippen molar-refractivity contribution in [1.29, 1.82) is 0 Å². The zero-order valence-corrected chi connectivity index (χ0v) is 13.5. The SMILES string of the molecule is COC(=O)C1=C(C)N(CC(F)(F)F)C(=O)N[C@H]1c1cccc(Cl)c1. The summed E-state index contributed by atoms with van der Waals surface area (Å²) in [4.78, 5) is 24.7. The van der Waals surface area contributed by atoms with Crippen molar-refractivity contribution in [3.05, 3.63) is 46.1 Å². The van der Waals surface area contributed by atoms with Crippen molar-refractivity contribution in [3.63, 3.8) is 0 Å². The van der Waals surface area contributed by atoms with Crippen LogP contribution in [-0.2, 0) is 9.53 Å². The van der Waals surface area contributed by atoms with Gasteiger partial charge < -0.3 is 10.1 Å². The van der Waals surface area contributed by atoms with E-state index in [4.69, 9.17) is 11.6 Å². The van der Waals surface area contributed by atoms with Crippen LogP contribution >= 0.6 is 11.6 Å². The van der Waals surface area contributed by atoms with Gasteiger partial charge in [-0.25, -0.2) is 9.59 Å². The average Bonchev–Trinajstić information content (AvgIpc) is 2.49. The van der Waals surface area contributed by atoms with Gasteiger partial charge >= 0.3 is 18.2 Å². The average molecular weight is 363 g/mol. The minimum atomic E-state index is -4.61. The molecule has 0 aromatic heterocycles. The lowest BCUT2D eigenvalue weighted by molar-refractivity contribution is -0.140. The van der Waals surface area contributed by atoms with Crippen molar-refractivity contribution < 1.29 is 27.5 Å². The summed E-state index contributed by atoms with van der Waals surface area (Å²) in [5.41, 5.74) is 0.263. The summed E-state index contributed by atoms with van der Waals surface area (Å²) in [5, 5.41) is 2.76. The van der Waals surface area contributed by atoms with E-state index in [1.807, 2.05) is 0 Å². The van der Waals surface area contributed by atoms with Gasteiger partial charge in [-0.15, -0.1) is 0 Å². The molecular weight excluding hydrogens is 349 g/mol. The highest BCUT2D eigenvalue weighted by molar-refractivity contribution is 6.30. The maximum Gasteiger partial charge on any atom is 0.406 e. The van der Waals surface area contributed by atoms with E-state index >= 15 is 0 Å². The molecule has 0 saturated heterocycles. The Morgan fingerprint density at radius 1 is 1.42 bits per heavy atom. The number of allylic oxidation sites excluding steroid dienone is 1. The molecule has 2 amide bonds. The molecule has 0 spiro atoms. The van der Waals surface area contributed by atoms with Gasteiger partial charge in [-0.1, -0.05) is 23.7 Å². The lowest BCUT2D eigenvalue weighted by atomic mass is 9.95. The van der Waals surface area contributed by atoms with Crippen molar-refractivity contribution in [2.45, 2.75) is 19.1 Å². The topological polar surface area (TPSA) is 58.6 Å². The molecule has 0 fully saturated rings. The molecule has 0 unspecified atom stereocenters. The van der Waals surface area contributed by atoms with Crippen molar-refractivity contribution in [2.24, 2.45) is 0 Å². The number of benzene rings is 1. The Labute approximate surface area is 141 Å². The Morgan fingerprint density at radius 3 is 2.62 bits per heavy atom. The second kappa shape index (κ2) is 6.72. The van der Waals surface area contributed by atoms with Gasteiger partial charge in [0.15, 0.2) is 0 Å². The molecule has 2 rings (SSSR count). The first-order valence-corrected chi connectivity index (χ1v) is 7.21. The summed E-state index contributed by atoms with van der Waals surface area (Å²) < 4.78 is 42.7. The molecule has 9 heteroatoms. The number of esters is 1. The summed E-state index contributed by atoms with van der Waals surface area (Å²) in [6.07, 6.45) is -4.61. The number of rotatable bonds is 3. The first kappa shape index (κ1) is 18.1. The summed E-state index contributed by atoms with van der Waals surface area (Å²) >= 11 is 5.91. The van der Waals surface area contributed by atoms with Gasteiger partial charge in [0.25, 0.3) is 0 Å². The second-order valence-corrected chi connectivity index (χ2v) is 5.57. The van der Waals surface area contributed by atoms with E-state index in [-0.39, 0.29) is 11.3 Å². The molecule has 1 atom stereocenters. The van der Waals surface area contributed by atoms with E-state index in [1.165, 1.54) is 13.0 Å². The van der Waals surface area contributed by atoms with E-state index in [0.717, 1.165) is 7.11 Å². The zero-order chi connectivity index (χ0) is 18.1. The van der Waals surface area contributed by atoms with Crippen LogP contribution in [0.4, 0.5) is 18.0 Å². The Morgan fingerprint density at radius 2 is 2.08 bits per heavy atom. The second-order valence-electron chi connectivity index (χ2n) is 5.13. The molecule has 1 aliphatic heterocycles. The first-order valence-electron chi connectivity index (χ1n) is 6.83. The molecule has 24 heavy (non-hydrogen) atoms. The number of methoxy groups -OCH3 is 1. The van der Waals surface area contributed by atoms with Gasteiger partial charge in [0, 0.05) is 10.7 Å². The number of nitrogens with zero attached hydrogens (tertiary/aromatic N) is 1. The van der Waals surface area contributed by atoms with Crippen LogP contribution in [0.25, 0.3) is 0 Å². The monoisotopic (exact) mass is 362 g/mol. The Bertz CT molecular complexity index is 703. The normalized spacial score (nSPS) is 18.5. The van der Waals surface area contributed by atoms with Crippen molar-refractivity contribution in [3.8, 4) is 0 Å². The minimum Gasteiger partial charge on any atom is -0.466 e. The molecule has 0 aliphatic carbocycles. The van der Waals surface area contributed by atoms with Gasteiger partial charge in [0.05, 0.1) is 18.7 Å². The van der Waals surface area contributed by atoms with Crippen molar-refractivity contribution >= 4 is 23.6 Å². The van der Waals surface area contributed by atoms with E-state index in [2.05, 4.69) is 10.1 Å². The van der Waals surface area contributed by atoms with Crippen LogP contribution in [0, 0.1) is 0 Å². The van der Waals surface area contributed by atoms with Gasteiger partial charge in [-0.2, -0.15) is 13.2 Å². The zero-order valence-electron chi connectivity index (χ0n) is 12.8. The lowest BCUT2D eigenvalue weighted by Crippen LogP contribution is -2.50. The number of halogens is 4. The molecule has 0 saturated carbocycles. The third-order valence-electron chi connectivity index (χ3n) is 3.52. The maximum absolute atomic E-state index is 12.7. The molecule has 1 N–H and O–H groups in total. The molecule has 130 valence electrons. The van der Waals surface area contributed by atoms with Gasteiger partial charge in [0.2, 0.25) is 0 Å². The van der Waals surface area contributed by atoms with Crippen LogP contribution in [0.5, 0.6) is 0 Å². The van der Waals surface area contributed by atoms with Gasteiger partial charge in [-0.3, -0.25) is 4.90 Å². The predicted octanol–water partition coefficient (Wildman–Crippen LogP) is 3.42. The van der Waals surface area contributed by atoms with Crippen molar-refractivity contribution in [1.82, 2.24) is 10.2 Å². The number of carbonyl (C=O) groups is 2. The molecule has 1 aromatic rings. The van der Waals surface area contributed by atoms with E-state index in [1.54, 1.807) is 18.2 Å². The number of urea groups is 1. The Kier molecular flexibility index (Phi) is 5.08. The van der Waals surface area contributed by atoms with Crippen LogP contribution in [0.1, 0.15) is 18.5 Å². The standard InChI is InChI=1S/C15H14ClF3N2O3/c1-8-11(13(22)24-2)12(9-4-3-5-10(16)6-9)20-14(23)21(8)7-15(17,18)19/h3-6,12H,7H2,1-2H3,(H,20,23)/t12-/m0/s1. The lowest BCUT2D eigenvalue weighted by Gasteiger charge is -2.35. The number of hydrogen-bond donors (Lipinski definition) is 1. The fraction of sp³-hybridized carbons (Fsp3) is 0.333. The van der Waals surface area contributed by atoms with E-state index in [9.17, 15) is 22.8 Å².